The van der Waals surface area contributed by atoms with E-state index in [-0.39, 0.29) is 12.5 Å². The fourth-order valence-electron chi connectivity index (χ4n) is 1.91. The van der Waals surface area contributed by atoms with Gasteiger partial charge in [-0.05, 0) is 49.3 Å². The Morgan fingerprint density at radius 3 is 2.42 bits per heavy atom. The lowest BCUT2D eigenvalue weighted by Crippen LogP contribution is -2.37. The van der Waals surface area contributed by atoms with Gasteiger partial charge in [0, 0.05) is 17.0 Å². The average molecular weight is 279 g/mol. The van der Waals surface area contributed by atoms with Crippen LogP contribution < -0.4 is 0 Å². The van der Waals surface area contributed by atoms with Gasteiger partial charge in [0.2, 0.25) is 0 Å². The number of nitrogens with zero attached hydrogens (tertiary/aromatic N) is 1. The van der Waals surface area contributed by atoms with Crippen molar-refractivity contribution in [1.82, 2.24) is 4.90 Å². The van der Waals surface area contributed by atoms with Gasteiger partial charge in [-0.1, -0.05) is 0 Å². The number of aliphatic carboxylic acids is 1. The summed E-state index contributed by atoms with van der Waals surface area (Å²) in [6, 6.07) is 7.29. The lowest BCUT2D eigenvalue weighted by molar-refractivity contribution is -0.137. The Labute approximate surface area is 116 Å². The second-order valence-electron chi connectivity index (χ2n) is 4.75. The van der Waals surface area contributed by atoms with Crippen molar-refractivity contribution in [2.75, 3.05) is 19.3 Å². The van der Waals surface area contributed by atoms with Crippen LogP contribution in [0, 0.1) is 5.92 Å². The van der Waals surface area contributed by atoms with Crippen molar-refractivity contribution < 1.29 is 14.7 Å². The van der Waals surface area contributed by atoms with E-state index in [2.05, 4.69) is 0 Å². The summed E-state index contributed by atoms with van der Waals surface area (Å²) in [5.41, 5.74) is 0.555. The first-order chi connectivity index (χ1) is 9.10. The topological polar surface area (TPSA) is 57.6 Å². The van der Waals surface area contributed by atoms with Gasteiger partial charge in [0.1, 0.15) is 6.54 Å². The van der Waals surface area contributed by atoms with Crippen molar-refractivity contribution in [2.45, 2.75) is 17.7 Å². The molecule has 0 bridgehead atoms. The molecule has 5 heteroatoms. The van der Waals surface area contributed by atoms with E-state index in [1.807, 2.05) is 18.4 Å². The Bertz CT molecular complexity index is 468. The van der Waals surface area contributed by atoms with Gasteiger partial charge < -0.3 is 10.0 Å². The third kappa shape index (κ3) is 3.99. The smallest absolute Gasteiger partial charge is 0.323 e. The molecule has 102 valence electrons. The molecule has 1 aliphatic carbocycles. The van der Waals surface area contributed by atoms with Gasteiger partial charge in [0.15, 0.2) is 0 Å². The number of benzene rings is 1. The number of carbonyl (C=O) groups excluding carboxylic acids is 1. The van der Waals surface area contributed by atoms with Crippen molar-refractivity contribution in [2.24, 2.45) is 5.92 Å². The highest BCUT2D eigenvalue weighted by atomic mass is 32.2. The predicted molar refractivity (Wildman–Crippen MR) is 74.5 cm³/mol. The zero-order valence-corrected chi connectivity index (χ0v) is 11.7. The van der Waals surface area contributed by atoms with Crippen molar-refractivity contribution in [3.8, 4) is 0 Å². The minimum atomic E-state index is -0.963. The zero-order chi connectivity index (χ0) is 13.8. The van der Waals surface area contributed by atoms with Gasteiger partial charge in [0.05, 0.1) is 0 Å². The number of carbonyl (C=O) groups is 2. The fraction of sp³-hybridized carbons (Fsp3) is 0.429. The van der Waals surface area contributed by atoms with E-state index in [1.54, 1.807) is 23.9 Å². The average Bonchev–Trinajstić information content (AvgIpc) is 3.21. The van der Waals surface area contributed by atoms with Crippen LogP contribution in [0.25, 0.3) is 0 Å². The largest absolute Gasteiger partial charge is 0.480 e. The van der Waals surface area contributed by atoms with Gasteiger partial charge in [-0.2, -0.15) is 0 Å². The van der Waals surface area contributed by atoms with E-state index in [1.165, 1.54) is 4.90 Å². The summed E-state index contributed by atoms with van der Waals surface area (Å²) in [5, 5.41) is 8.90. The van der Waals surface area contributed by atoms with Gasteiger partial charge in [-0.25, -0.2) is 0 Å². The molecule has 2 rings (SSSR count). The number of hydrogen-bond donors (Lipinski definition) is 1. The molecule has 0 aliphatic heterocycles. The van der Waals surface area contributed by atoms with Crippen LogP contribution in [0.1, 0.15) is 23.2 Å². The first-order valence-electron chi connectivity index (χ1n) is 6.25. The molecule has 1 fully saturated rings. The second-order valence-corrected chi connectivity index (χ2v) is 5.63. The van der Waals surface area contributed by atoms with E-state index >= 15 is 0 Å². The Hall–Kier alpha value is -1.49. The summed E-state index contributed by atoms with van der Waals surface area (Å²) in [4.78, 5) is 25.7. The molecule has 0 saturated heterocycles. The molecule has 1 aliphatic rings. The molecule has 0 spiro atoms. The third-order valence-electron chi connectivity index (χ3n) is 3.13. The maximum absolute atomic E-state index is 12.3. The molecule has 4 nitrogen and oxygen atoms in total. The highest BCUT2D eigenvalue weighted by Crippen LogP contribution is 2.30. The Morgan fingerprint density at radius 2 is 1.95 bits per heavy atom. The summed E-state index contributed by atoms with van der Waals surface area (Å²) in [7, 11) is 0. The number of carboxylic acid groups (broad SMARTS) is 1. The molecule has 1 N–H and O–H groups in total. The van der Waals surface area contributed by atoms with Crippen LogP contribution >= 0.6 is 11.8 Å². The minimum absolute atomic E-state index is 0.193. The number of amides is 1. The lowest BCUT2D eigenvalue weighted by Gasteiger charge is -2.20. The summed E-state index contributed by atoms with van der Waals surface area (Å²) >= 11 is 1.61. The van der Waals surface area contributed by atoms with Crippen LogP contribution in [0.3, 0.4) is 0 Å². The van der Waals surface area contributed by atoms with Crippen LogP contribution in [0.15, 0.2) is 29.2 Å². The van der Waals surface area contributed by atoms with Crippen LogP contribution in [-0.4, -0.2) is 41.2 Å². The molecule has 1 aromatic carbocycles. The molecule has 0 atom stereocenters. The van der Waals surface area contributed by atoms with E-state index in [9.17, 15) is 9.59 Å². The second kappa shape index (κ2) is 6.10. The molecular formula is C14H17NO3S. The third-order valence-corrected chi connectivity index (χ3v) is 3.87. The first kappa shape index (κ1) is 13.9. The zero-order valence-electron chi connectivity index (χ0n) is 10.8. The van der Waals surface area contributed by atoms with E-state index in [0.29, 0.717) is 18.0 Å². The number of thioether (sulfide) groups is 1. The number of hydrogen-bond acceptors (Lipinski definition) is 3. The highest BCUT2D eigenvalue weighted by molar-refractivity contribution is 7.98. The van der Waals surface area contributed by atoms with Crippen LogP contribution in [-0.2, 0) is 4.79 Å². The molecule has 0 heterocycles. The summed E-state index contributed by atoms with van der Waals surface area (Å²) in [6.07, 6.45) is 4.16. The number of rotatable bonds is 6. The normalized spacial score (nSPS) is 14.2. The molecule has 1 aromatic rings. The van der Waals surface area contributed by atoms with Crippen molar-refractivity contribution in [1.29, 1.82) is 0 Å². The molecule has 1 amide bonds. The summed E-state index contributed by atoms with van der Waals surface area (Å²) in [6.45, 7) is 0.328. The van der Waals surface area contributed by atoms with Gasteiger partial charge in [-0.3, -0.25) is 9.59 Å². The summed E-state index contributed by atoms with van der Waals surface area (Å²) in [5.74, 6) is -0.676. The van der Waals surface area contributed by atoms with Gasteiger partial charge in [0.25, 0.3) is 5.91 Å². The van der Waals surface area contributed by atoms with Crippen LogP contribution in [0.4, 0.5) is 0 Å². The van der Waals surface area contributed by atoms with Gasteiger partial charge in [-0.15, -0.1) is 11.8 Å². The Morgan fingerprint density at radius 1 is 1.32 bits per heavy atom. The summed E-state index contributed by atoms with van der Waals surface area (Å²) < 4.78 is 0. The lowest BCUT2D eigenvalue weighted by atomic mass is 10.2. The molecule has 1 saturated carbocycles. The maximum Gasteiger partial charge on any atom is 0.323 e. The Balaban J connectivity index is 2.09. The van der Waals surface area contributed by atoms with E-state index in [0.717, 1.165) is 17.7 Å². The quantitative estimate of drug-likeness (QED) is 0.812. The molecule has 0 radical (unpaired) electrons. The van der Waals surface area contributed by atoms with Gasteiger partial charge >= 0.3 is 5.97 Å². The van der Waals surface area contributed by atoms with Crippen molar-refractivity contribution in [3.05, 3.63) is 29.8 Å². The standard InChI is InChI=1S/C14H17NO3S/c1-19-12-6-4-11(5-7-12)14(18)15(9-13(16)17)8-10-2-3-10/h4-7,10H,2-3,8-9H2,1H3,(H,16,17). The van der Waals surface area contributed by atoms with Crippen LogP contribution in [0.2, 0.25) is 0 Å². The van der Waals surface area contributed by atoms with E-state index < -0.39 is 5.97 Å². The maximum atomic E-state index is 12.3. The molecule has 0 unspecified atom stereocenters. The van der Waals surface area contributed by atoms with E-state index in [4.69, 9.17) is 5.11 Å². The van der Waals surface area contributed by atoms with Crippen molar-refractivity contribution in [3.63, 3.8) is 0 Å². The first-order valence-corrected chi connectivity index (χ1v) is 7.47. The monoisotopic (exact) mass is 279 g/mol. The molecule has 0 aromatic heterocycles. The Kier molecular flexibility index (Phi) is 4.47. The van der Waals surface area contributed by atoms with Crippen molar-refractivity contribution >= 4 is 23.6 Å². The number of carboxylic acids is 1. The highest BCUT2D eigenvalue weighted by Gasteiger charge is 2.28. The molecule has 19 heavy (non-hydrogen) atoms. The minimum Gasteiger partial charge on any atom is -0.480 e. The fourth-order valence-corrected chi connectivity index (χ4v) is 2.32. The predicted octanol–water partition coefficient (Wildman–Crippen LogP) is 2.35. The van der Waals surface area contributed by atoms with Crippen LogP contribution in [0.5, 0.6) is 0 Å². The SMILES string of the molecule is CSc1ccc(C(=O)N(CC(=O)O)CC2CC2)cc1. The molecular weight excluding hydrogens is 262 g/mol.